The number of hydrogen-bond acceptors (Lipinski definition) is 4. The van der Waals surface area contributed by atoms with Crippen LogP contribution >= 0.6 is 11.8 Å². The van der Waals surface area contributed by atoms with Gasteiger partial charge in [-0.25, -0.2) is 8.78 Å². The minimum absolute atomic E-state index is 0.219. The lowest BCUT2D eigenvalue weighted by atomic mass is 10.2. The summed E-state index contributed by atoms with van der Waals surface area (Å²) in [7, 11) is 0. The molecule has 3 N–H and O–H groups in total. The maximum atomic E-state index is 12.1. The molecular weight excluding hydrogens is 298 g/mol. The van der Waals surface area contributed by atoms with E-state index in [-0.39, 0.29) is 12.5 Å². The van der Waals surface area contributed by atoms with Gasteiger partial charge in [-0.05, 0) is 36.1 Å². The van der Waals surface area contributed by atoms with Gasteiger partial charge in [0.05, 0.1) is 6.04 Å². The lowest BCUT2D eigenvalue weighted by molar-refractivity contribution is -0.122. The lowest BCUT2D eigenvalue weighted by Crippen LogP contribution is -2.40. The highest BCUT2D eigenvalue weighted by Crippen LogP contribution is 2.14. The molecule has 1 aromatic rings. The third-order valence-electron chi connectivity index (χ3n) is 2.71. The van der Waals surface area contributed by atoms with Crippen LogP contribution < -0.4 is 15.8 Å². The zero-order chi connectivity index (χ0) is 15.7. The van der Waals surface area contributed by atoms with Gasteiger partial charge in [0, 0.05) is 6.54 Å². The number of carbonyl (C=O) groups is 1. The molecular formula is C14H20F2N2O2S. The number of amides is 1. The van der Waals surface area contributed by atoms with Crippen LogP contribution in [0.5, 0.6) is 5.75 Å². The molecule has 0 radical (unpaired) electrons. The van der Waals surface area contributed by atoms with Gasteiger partial charge in [0.1, 0.15) is 12.4 Å². The van der Waals surface area contributed by atoms with Crippen LogP contribution in [0.3, 0.4) is 0 Å². The zero-order valence-electron chi connectivity index (χ0n) is 11.9. The zero-order valence-corrected chi connectivity index (χ0v) is 12.7. The first-order valence-corrected chi connectivity index (χ1v) is 7.94. The van der Waals surface area contributed by atoms with Crippen molar-refractivity contribution in [3.8, 4) is 5.75 Å². The molecule has 118 valence electrons. The number of ether oxygens (including phenoxy) is 1. The van der Waals surface area contributed by atoms with Crippen LogP contribution in [0.2, 0.25) is 0 Å². The van der Waals surface area contributed by atoms with Gasteiger partial charge in [0.2, 0.25) is 5.91 Å². The van der Waals surface area contributed by atoms with Gasteiger partial charge in [0.25, 0.3) is 6.43 Å². The van der Waals surface area contributed by atoms with Crippen LogP contribution in [-0.2, 0) is 11.3 Å². The predicted molar refractivity (Wildman–Crippen MR) is 80.8 cm³/mol. The van der Waals surface area contributed by atoms with E-state index in [1.807, 2.05) is 6.26 Å². The Morgan fingerprint density at radius 1 is 1.48 bits per heavy atom. The number of alkyl halides is 2. The number of benzene rings is 1. The molecule has 1 amide bonds. The minimum atomic E-state index is -2.51. The fourth-order valence-electron chi connectivity index (χ4n) is 1.60. The molecule has 0 fully saturated rings. The molecule has 21 heavy (non-hydrogen) atoms. The molecule has 0 aromatic heterocycles. The molecule has 0 saturated heterocycles. The molecule has 0 spiro atoms. The highest BCUT2D eigenvalue weighted by molar-refractivity contribution is 7.98. The van der Waals surface area contributed by atoms with Crippen molar-refractivity contribution in [2.24, 2.45) is 5.73 Å². The predicted octanol–water partition coefficient (Wildman–Crippen LogP) is 2.03. The molecule has 0 aliphatic heterocycles. The number of hydrogen-bond donors (Lipinski definition) is 2. The van der Waals surface area contributed by atoms with Crippen molar-refractivity contribution in [3.63, 3.8) is 0 Å². The molecule has 4 nitrogen and oxygen atoms in total. The number of halogens is 2. The second kappa shape index (κ2) is 9.57. The molecule has 0 bridgehead atoms. The highest BCUT2D eigenvalue weighted by atomic mass is 32.2. The molecule has 1 aromatic carbocycles. The number of carbonyl (C=O) groups excluding carboxylic acids is 1. The van der Waals surface area contributed by atoms with Crippen molar-refractivity contribution < 1.29 is 18.3 Å². The Bertz CT molecular complexity index is 447. The van der Waals surface area contributed by atoms with Gasteiger partial charge in [-0.2, -0.15) is 11.8 Å². The fraction of sp³-hybridized carbons (Fsp3) is 0.500. The van der Waals surface area contributed by atoms with E-state index in [1.54, 1.807) is 36.0 Å². The Hall–Kier alpha value is -1.34. The van der Waals surface area contributed by atoms with E-state index in [9.17, 15) is 13.6 Å². The first-order valence-electron chi connectivity index (χ1n) is 6.55. The van der Waals surface area contributed by atoms with Crippen LogP contribution in [0.15, 0.2) is 24.3 Å². The average Bonchev–Trinajstić information content (AvgIpc) is 2.48. The lowest BCUT2D eigenvalue weighted by Gasteiger charge is -2.12. The SMILES string of the molecule is CSCC[C@H](N)C(=O)NCc1cccc(OCC(F)F)c1. The van der Waals surface area contributed by atoms with Crippen molar-refractivity contribution in [1.29, 1.82) is 0 Å². The van der Waals surface area contributed by atoms with E-state index in [0.29, 0.717) is 12.2 Å². The van der Waals surface area contributed by atoms with Crippen molar-refractivity contribution in [1.82, 2.24) is 5.32 Å². The van der Waals surface area contributed by atoms with Gasteiger partial charge in [-0.1, -0.05) is 12.1 Å². The normalized spacial score (nSPS) is 12.2. The highest BCUT2D eigenvalue weighted by Gasteiger charge is 2.12. The molecule has 0 aliphatic rings. The second-order valence-electron chi connectivity index (χ2n) is 4.46. The topological polar surface area (TPSA) is 64.4 Å². The van der Waals surface area contributed by atoms with Crippen LogP contribution in [0.4, 0.5) is 8.78 Å². The molecule has 7 heteroatoms. The minimum Gasteiger partial charge on any atom is -0.488 e. The Morgan fingerprint density at radius 2 is 2.24 bits per heavy atom. The van der Waals surface area contributed by atoms with Gasteiger partial charge >= 0.3 is 0 Å². The molecule has 0 heterocycles. The molecule has 1 rings (SSSR count). The third-order valence-corrected chi connectivity index (χ3v) is 3.35. The number of nitrogens with two attached hydrogens (primary N) is 1. The number of rotatable bonds is 9. The summed E-state index contributed by atoms with van der Waals surface area (Å²) >= 11 is 1.63. The fourth-order valence-corrected chi connectivity index (χ4v) is 2.09. The van der Waals surface area contributed by atoms with Crippen LogP contribution in [0.25, 0.3) is 0 Å². The van der Waals surface area contributed by atoms with Gasteiger partial charge in [0.15, 0.2) is 0 Å². The summed E-state index contributed by atoms with van der Waals surface area (Å²) < 4.78 is 29.1. The number of nitrogens with one attached hydrogen (secondary N) is 1. The number of thioether (sulfide) groups is 1. The van der Waals surface area contributed by atoms with Crippen LogP contribution in [-0.4, -0.2) is 37.0 Å². The summed E-state index contributed by atoms with van der Waals surface area (Å²) in [4.78, 5) is 11.7. The first-order chi connectivity index (χ1) is 10.0. The van der Waals surface area contributed by atoms with E-state index in [2.05, 4.69) is 5.32 Å². The summed E-state index contributed by atoms with van der Waals surface area (Å²) in [5, 5.41) is 2.72. The van der Waals surface area contributed by atoms with E-state index in [1.165, 1.54) is 0 Å². The van der Waals surface area contributed by atoms with Gasteiger partial charge < -0.3 is 15.8 Å². The van der Waals surface area contributed by atoms with Crippen molar-refractivity contribution in [2.75, 3.05) is 18.6 Å². The Balaban J connectivity index is 2.44. The van der Waals surface area contributed by atoms with Crippen molar-refractivity contribution in [3.05, 3.63) is 29.8 Å². The van der Waals surface area contributed by atoms with E-state index >= 15 is 0 Å². The average molecular weight is 318 g/mol. The smallest absolute Gasteiger partial charge is 0.272 e. The van der Waals surface area contributed by atoms with Crippen molar-refractivity contribution >= 4 is 17.7 Å². The molecule has 0 unspecified atom stereocenters. The van der Waals surface area contributed by atoms with Gasteiger partial charge in [-0.15, -0.1) is 0 Å². The van der Waals surface area contributed by atoms with Crippen molar-refractivity contribution in [2.45, 2.75) is 25.4 Å². The largest absolute Gasteiger partial charge is 0.488 e. The Kier molecular flexibility index (Phi) is 8.07. The monoisotopic (exact) mass is 318 g/mol. The molecule has 1 atom stereocenters. The standard InChI is InChI=1S/C14H20F2N2O2S/c1-21-6-5-12(17)14(19)18-8-10-3-2-4-11(7-10)20-9-13(15)16/h2-4,7,12-13H,5-6,8-9,17H2,1H3,(H,18,19)/t12-/m0/s1. The molecule has 0 saturated carbocycles. The van der Waals surface area contributed by atoms with Crippen LogP contribution in [0.1, 0.15) is 12.0 Å². The Labute approximate surface area is 127 Å². The Morgan fingerprint density at radius 3 is 2.90 bits per heavy atom. The van der Waals surface area contributed by atoms with Gasteiger partial charge in [-0.3, -0.25) is 4.79 Å². The van der Waals surface area contributed by atoms with E-state index < -0.39 is 19.1 Å². The third kappa shape index (κ3) is 7.29. The summed E-state index contributed by atoms with van der Waals surface area (Å²) in [6, 6.07) is 6.16. The second-order valence-corrected chi connectivity index (χ2v) is 5.44. The summed E-state index contributed by atoms with van der Waals surface area (Å²) in [5.74, 6) is 0.961. The van der Waals surface area contributed by atoms with Crippen LogP contribution in [0, 0.1) is 0 Å². The van der Waals surface area contributed by atoms with E-state index in [4.69, 9.17) is 10.5 Å². The maximum Gasteiger partial charge on any atom is 0.272 e. The summed E-state index contributed by atoms with van der Waals surface area (Å²) in [6.45, 7) is -0.354. The van der Waals surface area contributed by atoms with E-state index in [0.717, 1.165) is 11.3 Å². The maximum absolute atomic E-state index is 12.1. The quantitative estimate of drug-likeness (QED) is 0.731. The molecule has 0 aliphatic carbocycles. The summed E-state index contributed by atoms with van der Waals surface area (Å²) in [6.07, 6.45) is 0.0582. The first kappa shape index (κ1) is 17.7. The summed E-state index contributed by atoms with van der Waals surface area (Å²) in [5.41, 5.74) is 6.52.